The molecule has 0 aliphatic carbocycles. The molecule has 0 bridgehead atoms. The third-order valence-corrected chi connectivity index (χ3v) is 4.00. The van der Waals surface area contributed by atoms with Gasteiger partial charge in [-0.25, -0.2) is 8.78 Å². The van der Waals surface area contributed by atoms with Crippen LogP contribution < -0.4 is 10.6 Å². The van der Waals surface area contributed by atoms with Crippen LogP contribution in [0.25, 0.3) is 0 Å². The minimum Gasteiger partial charge on any atom is -0.362 e. The van der Waals surface area contributed by atoms with E-state index in [-0.39, 0.29) is 5.69 Å². The van der Waals surface area contributed by atoms with Crippen LogP contribution in [-0.2, 0) is 13.0 Å². The van der Waals surface area contributed by atoms with Crippen molar-refractivity contribution in [1.82, 2.24) is 0 Å². The van der Waals surface area contributed by atoms with Gasteiger partial charge in [-0.3, -0.25) is 0 Å². The van der Waals surface area contributed by atoms with Crippen LogP contribution in [0.2, 0.25) is 0 Å². The van der Waals surface area contributed by atoms with Gasteiger partial charge in [0.1, 0.15) is 17.3 Å². The lowest BCUT2D eigenvalue weighted by Crippen LogP contribution is -2.24. The molecule has 2 rings (SSSR count). The first-order valence-electron chi connectivity index (χ1n) is 6.61. The number of anilines is 1. The second-order valence-electron chi connectivity index (χ2n) is 4.54. The first-order valence-corrected chi connectivity index (χ1v) is 7.49. The Morgan fingerprint density at radius 3 is 2.45 bits per heavy atom. The second-order valence-corrected chi connectivity index (χ2v) is 5.57. The van der Waals surface area contributed by atoms with E-state index in [1.807, 2.05) is 24.4 Å². The average Bonchev–Trinajstić information content (AvgIpc) is 2.90. The van der Waals surface area contributed by atoms with Gasteiger partial charge in [-0.1, -0.05) is 6.07 Å². The van der Waals surface area contributed by atoms with Crippen molar-refractivity contribution in [3.05, 3.63) is 51.7 Å². The normalized spacial score (nSPS) is 10.8. The summed E-state index contributed by atoms with van der Waals surface area (Å²) in [6.07, 6.45) is 0.477. The summed E-state index contributed by atoms with van der Waals surface area (Å²) < 4.78 is 28.4. The molecule has 1 aromatic carbocycles. The molecule has 0 aliphatic heterocycles. The van der Waals surface area contributed by atoms with Gasteiger partial charge < -0.3 is 10.6 Å². The summed E-state index contributed by atoms with van der Waals surface area (Å²) >= 11 is 1.58. The predicted molar refractivity (Wildman–Crippen MR) is 80.2 cm³/mol. The van der Waals surface area contributed by atoms with Crippen molar-refractivity contribution in [1.29, 1.82) is 0 Å². The average molecular weight is 296 g/mol. The summed E-state index contributed by atoms with van der Waals surface area (Å²) in [5, 5.41) is 1.96. The molecule has 0 fully saturated rings. The number of thiophene rings is 1. The lowest BCUT2D eigenvalue weighted by Gasteiger charge is -2.24. The molecule has 0 saturated heterocycles. The highest BCUT2D eigenvalue weighted by Crippen LogP contribution is 2.27. The lowest BCUT2D eigenvalue weighted by molar-refractivity contribution is 0.568. The number of rotatable bonds is 6. The van der Waals surface area contributed by atoms with E-state index < -0.39 is 11.6 Å². The SMILES string of the molecule is CCN(Cc1cccs1)c1c(F)cc(CCN)cc1F. The minimum absolute atomic E-state index is 0.0432. The van der Waals surface area contributed by atoms with Crippen LogP contribution in [-0.4, -0.2) is 13.1 Å². The summed E-state index contributed by atoms with van der Waals surface area (Å²) in [5.41, 5.74) is 6.06. The van der Waals surface area contributed by atoms with Gasteiger partial charge in [0.25, 0.3) is 0 Å². The Hall–Kier alpha value is -1.46. The van der Waals surface area contributed by atoms with Crippen LogP contribution in [0.3, 0.4) is 0 Å². The largest absolute Gasteiger partial charge is 0.362 e. The van der Waals surface area contributed by atoms with Crippen molar-refractivity contribution in [3.8, 4) is 0 Å². The highest BCUT2D eigenvalue weighted by molar-refractivity contribution is 7.09. The van der Waals surface area contributed by atoms with Crippen molar-refractivity contribution in [2.45, 2.75) is 19.9 Å². The Morgan fingerprint density at radius 2 is 1.95 bits per heavy atom. The number of hydrogen-bond acceptors (Lipinski definition) is 3. The van der Waals surface area contributed by atoms with Crippen molar-refractivity contribution < 1.29 is 8.78 Å². The van der Waals surface area contributed by atoms with Crippen LogP contribution in [0, 0.1) is 11.6 Å². The zero-order valence-electron chi connectivity index (χ0n) is 11.4. The lowest BCUT2D eigenvalue weighted by atomic mass is 10.1. The fourth-order valence-electron chi connectivity index (χ4n) is 2.17. The Bertz CT molecular complexity index is 532. The number of halogens is 2. The number of nitrogens with two attached hydrogens (primary N) is 1. The quantitative estimate of drug-likeness (QED) is 0.883. The fourth-order valence-corrected chi connectivity index (χ4v) is 2.89. The van der Waals surface area contributed by atoms with Crippen molar-refractivity contribution in [3.63, 3.8) is 0 Å². The zero-order chi connectivity index (χ0) is 14.5. The molecular weight excluding hydrogens is 278 g/mol. The molecule has 0 saturated carbocycles. The molecule has 0 spiro atoms. The molecule has 0 amide bonds. The highest BCUT2D eigenvalue weighted by Gasteiger charge is 2.17. The Balaban J connectivity index is 2.29. The molecule has 1 heterocycles. The summed E-state index contributed by atoms with van der Waals surface area (Å²) in [6.45, 7) is 3.32. The molecule has 108 valence electrons. The summed E-state index contributed by atoms with van der Waals surface area (Å²) in [7, 11) is 0. The van der Waals surface area contributed by atoms with Gasteiger partial charge >= 0.3 is 0 Å². The standard InChI is InChI=1S/C15H18F2N2S/c1-2-19(10-12-4-3-7-20-12)15-13(16)8-11(5-6-18)9-14(15)17/h3-4,7-9H,2,5-6,10,18H2,1H3. The maximum absolute atomic E-state index is 14.2. The summed E-state index contributed by atoms with van der Waals surface area (Å²) in [5.74, 6) is -1.04. The van der Waals surface area contributed by atoms with Gasteiger partial charge in [-0.05, 0) is 49.0 Å². The maximum Gasteiger partial charge on any atom is 0.149 e. The van der Waals surface area contributed by atoms with Crippen LogP contribution in [0.4, 0.5) is 14.5 Å². The number of nitrogens with zero attached hydrogens (tertiary/aromatic N) is 1. The fraction of sp³-hybridized carbons (Fsp3) is 0.333. The molecule has 2 aromatic rings. The van der Waals surface area contributed by atoms with Gasteiger partial charge in [0, 0.05) is 11.4 Å². The number of hydrogen-bond donors (Lipinski definition) is 1. The Kier molecular flexibility index (Phi) is 5.09. The molecule has 0 aliphatic rings. The first kappa shape index (κ1) is 14.9. The van der Waals surface area contributed by atoms with E-state index >= 15 is 0 Å². The zero-order valence-corrected chi connectivity index (χ0v) is 12.2. The van der Waals surface area contributed by atoms with E-state index in [0.717, 1.165) is 4.88 Å². The maximum atomic E-state index is 14.2. The first-order chi connectivity index (χ1) is 9.65. The Morgan fingerprint density at radius 1 is 1.25 bits per heavy atom. The molecular formula is C15H18F2N2S. The van der Waals surface area contributed by atoms with Crippen LogP contribution >= 0.6 is 11.3 Å². The van der Waals surface area contributed by atoms with Crippen LogP contribution in [0.5, 0.6) is 0 Å². The molecule has 1 aromatic heterocycles. The van der Waals surface area contributed by atoms with Crippen LogP contribution in [0.15, 0.2) is 29.6 Å². The van der Waals surface area contributed by atoms with E-state index in [2.05, 4.69) is 0 Å². The van der Waals surface area contributed by atoms with Crippen molar-refractivity contribution in [2.75, 3.05) is 18.0 Å². The van der Waals surface area contributed by atoms with Gasteiger partial charge in [-0.15, -0.1) is 11.3 Å². The summed E-state index contributed by atoms with van der Waals surface area (Å²) in [4.78, 5) is 2.79. The van der Waals surface area contributed by atoms with Crippen LogP contribution in [0.1, 0.15) is 17.4 Å². The van der Waals surface area contributed by atoms with E-state index in [1.54, 1.807) is 16.2 Å². The molecule has 5 heteroatoms. The molecule has 20 heavy (non-hydrogen) atoms. The van der Waals surface area contributed by atoms with Crippen molar-refractivity contribution in [2.24, 2.45) is 5.73 Å². The minimum atomic E-state index is -0.521. The third kappa shape index (κ3) is 3.35. The molecule has 2 nitrogen and oxygen atoms in total. The number of benzene rings is 1. The topological polar surface area (TPSA) is 29.3 Å². The summed E-state index contributed by atoms with van der Waals surface area (Å²) in [6, 6.07) is 6.65. The molecule has 2 N–H and O–H groups in total. The second kappa shape index (κ2) is 6.81. The Labute approximate surface area is 121 Å². The highest BCUT2D eigenvalue weighted by atomic mass is 32.1. The van der Waals surface area contributed by atoms with E-state index in [0.29, 0.717) is 31.6 Å². The van der Waals surface area contributed by atoms with Gasteiger partial charge in [0.15, 0.2) is 0 Å². The van der Waals surface area contributed by atoms with E-state index in [1.165, 1.54) is 12.1 Å². The predicted octanol–water partition coefficient (Wildman–Crippen LogP) is 3.55. The molecule has 0 atom stereocenters. The van der Waals surface area contributed by atoms with E-state index in [9.17, 15) is 8.78 Å². The smallest absolute Gasteiger partial charge is 0.149 e. The van der Waals surface area contributed by atoms with Gasteiger partial charge in [0.05, 0.1) is 6.54 Å². The molecule has 0 radical (unpaired) electrons. The van der Waals surface area contributed by atoms with E-state index in [4.69, 9.17) is 5.73 Å². The monoisotopic (exact) mass is 296 g/mol. The third-order valence-electron chi connectivity index (χ3n) is 3.13. The van der Waals surface area contributed by atoms with Crippen molar-refractivity contribution >= 4 is 17.0 Å². The molecule has 0 unspecified atom stereocenters. The van der Waals surface area contributed by atoms with Gasteiger partial charge in [0.2, 0.25) is 0 Å². The van der Waals surface area contributed by atoms with Gasteiger partial charge in [-0.2, -0.15) is 0 Å².